The average molecular weight is 356 g/mol. The molecule has 0 aliphatic rings. The Labute approximate surface area is 148 Å². The van der Waals surface area contributed by atoms with Gasteiger partial charge in [-0.25, -0.2) is 9.89 Å². The van der Waals surface area contributed by atoms with E-state index in [1.807, 2.05) is 30.3 Å². The molecule has 0 aliphatic heterocycles. The number of rotatable bonds is 6. The molecule has 0 fully saturated rings. The van der Waals surface area contributed by atoms with Gasteiger partial charge in [0.25, 0.3) is 0 Å². The summed E-state index contributed by atoms with van der Waals surface area (Å²) in [7, 11) is 1.59. The molecule has 2 aromatic carbocycles. The van der Waals surface area contributed by atoms with Gasteiger partial charge in [0.15, 0.2) is 5.16 Å². The number of anilines is 1. The number of aromatic nitrogens is 3. The van der Waals surface area contributed by atoms with Crippen LogP contribution in [0.5, 0.6) is 11.5 Å². The molecule has 0 atom stereocenters. The summed E-state index contributed by atoms with van der Waals surface area (Å²) in [5, 5.41) is 9.42. The molecule has 0 aliphatic carbocycles. The van der Waals surface area contributed by atoms with E-state index >= 15 is 0 Å². The maximum Gasteiger partial charge on any atom is 0.343 e. The standard InChI is InChI=1S/C17H16N4O3S/c1-21-16(23)19-20-17(21)25-11-15(22)18-12-7-9-14(10-8-12)24-13-5-3-2-4-6-13/h2-10H,11H2,1H3,(H,18,22)(H,19,23). The summed E-state index contributed by atoms with van der Waals surface area (Å²) in [5.74, 6) is 1.41. The van der Waals surface area contributed by atoms with Crippen molar-refractivity contribution in [3.63, 3.8) is 0 Å². The number of carbonyl (C=O) groups excluding carboxylic acids is 1. The van der Waals surface area contributed by atoms with Gasteiger partial charge < -0.3 is 10.1 Å². The molecule has 2 N–H and O–H groups in total. The second kappa shape index (κ2) is 7.71. The highest BCUT2D eigenvalue weighted by molar-refractivity contribution is 7.99. The first-order valence-electron chi connectivity index (χ1n) is 7.49. The van der Waals surface area contributed by atoms with E-state index in [0.717, 1.165) is 5.75 Å². The second-order valence-corrected chi connectivity index (χ2v) is 6.09. The highest BCUT2D eigenvalue weighted by Gasteiger charge is 2.09. The number of benzene rings is 2. The SMILES string of the molecule is Cn1c(SCC(=O)Nc2ccc(Oc3ccccc3)cc2)n[nH]c1=O. The summed E-state index contributed by atoms with van der Waals surface area (Å²) in [6.45, 7) is 0. The van der Waals surface area contributed by atoms with Crippen molar-refractivity contribution in [2.45, 2.75) is 5.16 Å². The van der Waals surface area contributed by atoms with Gasteiger partial charge in [0.05, 0.1) is 5.75 Å². The van der Waals surface area contributed by atoms with E-state index in [1.165, 1.54) is 16.3 Å². The second-order valence-electron chi connectivity index (χ2n) is 5.15. The molecule has 0 saturated carbocycles. The van der Waals surface area contributed by atoms with Crippen LogP contribution < -0.4 is 15.7 Å². The van der Waals surface area contributed by atoms with Gasteiger partial charge in [-0.05, 0) is 36.4 Å². The van der Waals surface area contributed by atoms with E-state index in [9.17, 15) is 9.59 Å². The summed E-state index contributed by atoms with van der Waals surface area (Å²) in [5.41, 5.74) is 0.360. The summed E-state index contributed by atoms with van der Waals surface area (Å²) < 4.78 is 7.05. The fraction of sp³-hybridized carbons (Fsp3) is 0.118. The smallest absolute Gasteiger partial charge is 0.343 e. The van der Waals surface area contributed by atoms with Crippen LogP contribution in [0.15, 0.2) is 64.5 Å². The number of carbonyl (C=O) groups is 1. The van der Waals surface area contributed by atoms with Crippen molar-refractivity contribution in [2.24, 2.45) is 7.05 Å². The first kappa shape index (κ1) is 16.8. The predicted molar refractivity (Wildman–Crippen MR) is 96.1 cm³/mol. The molecular formula is C17H16N4O3S. The predicted octanol–water partition coefficient (Wildman–Crippen LogP) is 2.63. The van der Waals surface area contributed by atoms with E-state index in [-0.39, 0.29) is 17.3 Å². The lowest BCUT2D eigenvalue weighted by atomic mass is 10.3. The van der Waals surface area contributed by atoms with Crippen molar-refractivity contribution in [1.82, 2.24) is 14.8 Å². The van der Waals surface area contributed by atoms with E-state index in [4.69, 9.17) is 4.74 Å². The minimum atomic E-state index is -0.308. The number of H-pyrrole nitrogens is 1. The fourth-order valence-corrected chi connectivity index (χ4v) is 2.74. The summed E-state index contributed by atoms with van der Waals surface area (Å²) >= 11 is 1.18. The van der Waals surface area contributed by atoms with Crippen molar-refractivity contribution in [2.75, 3.05) is 11.1 Å². The highest BCUT2D eigenvalue weighted by atomic mass is 32.2. The van der Waals surface area contributed by atoms with E-state index in [0.29, 0.717) is 16.6 Å². The molecule has 0 spiro atoms. The van der Waals surface area contributed by atoms with Crippen LogP contribution in [-0.4, -0.2) is 26.4 Å². The van der Waals surface area contributed by atoms with Crippen molar-refractivity contribution in [3.05, 3.63) is 65.1 Å². The quantitative estimate of drug-likeness (QED) is 0.663. The normalized spacial score (nSPS) is 10.4. The van der Waals surface area contributed by atoms with Gasteiger partial charge >= 0.3 is 5.69 Å². The Balaban J connectivity index is 1.53. The topological polar surface area (TPSA) is 89.0 Å². The summed E-state index contributed by atoms with van der Waals surface area (Å²) in [4.78, 5) is 23.2. The number of para-hydroxylation sites is 1. The first-order chi connectivity index (χ1) is 12.1. The van der Waals surface area contributed by atoms with Crippen LogP contribution in [0, 0.1) is 0 Å². The third-order valence-electron chi connectivity index (χ3n) is 3.29. The Morgan fingerprint density at radius 3 is 2.48 bits per heavy atom. The molecule has 128 valence electrons. The van der Waals surface area contributed by atoms with Gasteiger partial charge in [0.1, 0.15) is 11.5 Å². The van der Waals surface area contributed by atoms with Crippen LogP contribution in [0.1, 0.15) is 0 Å². The Morgan fingerprint density at radius 1 is 1.16 bits per heavy atom. The minimum Gasteiger partial charge on any atom is -0.457 e. The molecule has 8 heteroatoms. The molecule has 1 amide bonds. The molecule has 0 radical (unpaired) electrons. The Kier molecular flexibility index (Phi) is 5.20. The Morgan fingerprint density at radius 2 is 1.84 bits per heavy atom. The van der Waals surface area contributed by atoms with Crippen molar-refractivity contribution in [3.8, 4) is 11.5 Å². The lowest BCUT2D eigenvalue weighted by Gasteiger charge is -2.08. The molecule has 3 rings (SSSR count). The molecule has 7 nitrogen and oxygen atoms in total. The van der Waals surface area contributed by atoms with Gasteiger partial charge in [-0.1, -0.05) is 30.0 Å². The number of nitrogens with zero attached hydrogens (tertiary/aromatic N) is 2. The minimum absolute atomic E-state index is 0.153. The van der Waals surface area contributed by atoms with Crippen LogP contribution in [0.25, 0.3) is 0 Å². The fourth-order valence-electron chi connectivity index (χ4n) is 2.02. The summed E-state index contributed by atoms with van der Waals surface area (Å²) in [6, 6.07) is 16.6. The molecule has 0 saturated heterocycles. The first-order valence-corrected chi connectivity index (χ1v) is 8.47. The zero-order chi connectivity index (χ0) is 17.6. The number of ether oxygens (including phenoxy) is 1. The molecule has 0 unspecified atom stereocenters. The van der Waals surface area contributed by atoms with Gasteiger partial charge in [0.2, 0.25) is 5.91 Å². The number of hydrogen-bond acceptors (Lipinski definition) is 5. The highest BCUT2D eigenvalue weighted by Crippen LogP contribution is 2.22. The van der Waals surface area contributed by atoms with E-state index < -0.39 is 0 Å². The third-order valence-corrected chi connectivity index (χ3v) is 4.32. The van der Waals surface area contributed by atoms with Crippen LogP contribution in [0.3, 0.4) is 0 Å². The Hall–Kier alpha value is -3.00. The van der Waals surface area contributed by atoms with Crippen LogP contribution in [0.2, 0.25) is 0 Å². The molecule has 1 aromatic heterocycles. The van der Waals surface area contributed by atoms with Crippen molar-refractivity contribution < 1.29 is 9.53 Å². The van der Waals surface area contributed by atoms with Gasteiger partial charge in [-0.3, -0.25) is 9.36 Å². The molecule has 0 bridgehead atoms. The third kappa shape index (κ3) is 4.51. The largest absolute Gasteiger partial charge is 0.457 e. The number of nitrogens with one attached hydrogen (secondary N) is 2. The number of thioether (sulfide) groups is 1. The van der Waals surface area contributed by atoms with E-state index in [1.54, 1.807) is 31.3 Å². The van der Waals surface area contributed by atoms with E-state index in [2.05, 4.69) is 15.5 Å². The maximum atomic E-state index is 12.0. The van der Waals surface area contributed by atoms with Gasteiger partial charge in [-0.15, -0.1) is 5.10 Å². The van der Waals surface area contributed by atoms with Crippen molar-refractivity contribution in [1.29, 1.82) is 0 Å². The molecular weight excluding hydrogens is 340 g/mol. The zero-order valence-corrected chi connectivity index (χ0v) is 14.2. The lowest BCUT2D eigenvalue weighted by molar-refractivity contribution is -0.113. The van der Waals surface area contributed by atoms with Crippen LogP contribution >= 0.6 is 11.8 Å². The Bertz CT molecular complexity index is 904. The lowest BCUT2D eigenvalue weighted by Crippen LogP contribution is -2.16. The summed E-state index contributed by atoms with van der Waals surface area (Å²) in [6.07, 6.45) is 0. The maximum absolute atomic E-state index is 12.0. The average Bonchev–Trinajstić information content (AvgIpc) is 2.94. The van der Waals surface area contributed by atoms with Gasteiger partial charge in [-0.2, -0.15) is 0 Å². The van der Waals surface area contributed by atoms with Crippen LogP contribution in [0.4, 0.5) is 5.69 Å². The van der Waals surface area contributed by atoms with Gasteiger partial charge in [0, 0.05) is 12.7 Å². The molecule has 3 aromatic rings. The zero-order valence-electron chi connectivity index (χ0n) is 13.4. The van der Waals surface area contributed by atoms with Crippen LogP contribution in [-0.2, 0) is 11.8 Å². The monoisotopic (exact) mass is 356 g/mol. The molecule has 25 heavy (non-hydrogen) atoms. The number of amides is 1. The van der Waals surface area contributed by atoms with Crippen molar-refractivity contribution >= 4 is 23.4 Å². The molecule has 1 heterocycles. The number of hydrogen-bond donors (Lipinski definition) is 2. The number of aromatic amines is 1.